The number of ether oxygens (including phenoxy) is 2. The zero-order chi connectivity index (χ0) is 10.4. The molecule has 0 aliphatic rings. The van der Waals surface area contributed by atoms with Gasteiger partial charge in [-0.25, -0.2) is 0 Å². The minimum Gasteiger partial charge on any atom is -0.488 e. The summed E-state index contributed by atoms with van der Waals surface area (Å²) < 4.78 is 10.9. The first-order valence-electron chi connectivity index (χ1n) is 4.87. The van der Waals surface area contributed by atoms with E-state index in [1.54, 1.807) is 7.11 Å². The summed E-state index contributed by atoms with van der Waals surface area (Å²) in [6.07, 6.45) is 0.887. The van der Waals surface area contributed by atoms with Gasteiger partial charge in [-0.3, -0.25) is 0 Å². The Morgan fingerprint density at radius 1 is 1.14 bits per heavy atom. The molecule has 0 atom stereocenters. The Hall–Kier alpha value is -1.02. The van der Waals surface area contributed by atoms with Gasteiger partial charge in [0.1, 0.15) is 11.4 Å². The van der Waals surface area contributed by atoms with Gasteiger partial charge in [0.15, 0.2) is 0 Å². The first-order valence-corrected chi connectivity index (χ1v) is 4.87. The Balaban J connectivity index is 2.50. The van der Waals surface area contributed by atoms with Gasteiger partial charge in [0.25, 0.3) is 0 Å². The standard InChI is InChI=1S/C12H18O2/c1-12(2,9-10-13-3)14-11-7-5-4-6-8-11/h4-8H,9-10H2,1-3H3. The van der Waals surface area contributed by atoms with E-state index >= 15 is 0 Å². The molecule has 0 saturated heterocycles. The molecule has 0 heterocycles. The third-order valence-corrected chi connectivity index (χ3v) is 2.05. The van der Waals surface area contributed by atoms with Gasteiger partial charge >= 0.3 is 0 Å². The van der Waals surface area contributed by atoms with Crippen LogP contribution in [0.3, 0.4) is 0 Å². The lowest BCUT2D eigenvalue weighted by Gasteiger charge is -2.26. The topological polar surface area (TPSA) is 18.5 Å². The third kappa shape index (κ3) is 3.79. The highest BCUT2D eigenvalue weighted by molar-refractivity contribution is 5.21. The van der Waals surface area contributed by atoms with E-state index in [1.807, 2.05) is 30.3 Å². The van der Waals surface area contributed by atoms with Crippen LogP contribution in [0.1, 0.15) is 20.3 Å². The maximum atomic E-state index is 5.82. The average molecular weight is 194 g/mol. The predicted molar refractivity (Wildman–Crippen MR) is 57.6 cm³/mol. The van der Waals surface area contributed by atoms with Crippen molar-refractivity contribution in [3.05, 3.63) is 30.3 Å². The van der Waals surface area contributed by atoms with Gasteiger partial charge in [0.05, 0.1) is 0 Å². The molecule has 0 fully saturated rings. The van der Waals surface area contributed by atoms with Crippen LogP contribution >= 0.6 is 0 Å². The Kier molecular flexibility index (Phi) is 3.96. The average Bonchev–Trinajstić information content (AvgIpc) is 2.16. The molecule has 0 aliphatic heterocycles. The smallest absolute Gasteiger partial charge is 0.120 e. The van der Waals surface area contributed by atoms with Crippen molar-refractivity contribution in [2.45, 2.75) is 25.9 Å². The number of para-hydroxylation sites is 1. The minimum atomic E-state index is -0.169. The van der Waals surface area contributed by atoms with Crippen molar-refractivity contribution in [3.63, 3.8) is 0 Å². The van der Waals surface area contributed by atoms with Crippen molar-refractivity contribution in [1.29, 1.82) is 0 Å². The molecular formula is C12H18O2. The second kappa shape index (κ2) is 5.01. The van der Waals surface area contributed by atoms with Crippen molar-refractivity contribution in [3.8, 4) is 5.75 Å². The molecule has 78 valence electrons. The maximum Gasteiger partial charge on any atom is 0.120 e. The molecule has 0 spiro atoms. The summed E-state index contributed by atoms with van der Waals surface area (Å²) in [5.74, 6) is 0.911. The summed E-state index contributed by atoms with van der Waals surface area (Å²) in [7, 11) is 1.71. The third-order valence-electron chi connectivity index (χ3n) is 2.05. The first kappa shape index (κ1) is 11.1. The van der Waals surface area contributed by atoms with Crippen molar-refractivity contribution in [2.75, 3.05) is 13.7 Å². The second-order valence-corrected chi connectivity index (χ2v) is 3.92. The highest BCUT2D eigenvalue weighted by atomic mass is 16.5. The van der Waals surface area contributed by atoms with Crippen LogP contribution in [0.4, 0.5) is 0 Å². The van der Waals surface area contributed by atoms with Crippen molar-refractivity contribution in [2.24, 2.45) is 0 Å². The van der Waals surface area contributed by atoms with E-state index in [0.717, 1.165) is 18.8 Å². The molecule has 1 rings (SSSR count). The number of benzene rings is 1. The molecule has 2 heteroatoms. The fraction of sp³-hybridized carbons (Fsp3) is 0.500. The van der Waals surface area contributed by atoms with Gasteiger partial charge in [-0.15, -0.1) is 0 Å². The molecule has 1 aromatic rings. The van der Waals surface area contributed by atoms with Crippen molar-refractivity contribution in [1.82, 2.24) is 0 Å². The van der Waals surface area contributed by atoms with Crippen LogP contribution in [0, 0.1) is 0 Å². The van der Waals surface area contributed by atoms with Crippen LogP contribution < -0.4 is 4.74 Å². The molecule has 0 unspecified atom stereocenters. The fourth-order valence-electron chi connectivity index (χ4n) is 1.21. The summed E-state index contributed by atoms with van der Waals surface area (Å²) in [6.45, 7) is 4.86. The normalized spacial score (nSPS) is 11.4. The fourth-order valence-corrected chi connectivity index (χ4v) is 1.21. The largest absolute Gasteiger partial charge is 0.488 e. The van der Waals surface area contributed by atoms with Crippen LogP contribution in [0.15, 0.2) is 30.3 Å². The number of hydrogen-bond donors (Lipinski definition) is 0. The molecule has 1 aromatic carbocycles. The lowest BCUT2D eigenvalue weighted by Crippen LogP contribution is -2.29. The Morgan fingerprint density at radius 3 is 2.36 bits per heavy atom. The lowest BCUT2D eigenvalue weighted by molar-refractivity contribution is 0.0630. The van der Waals surface area contributed by atoms with E-state index in [4.69, 9.17) is 9.47 Å². The van der Waals surface area contributed by atoms with Gasteiger partial charge in [-0.05, 0) is 26.0 Å². The minimum absolute atomic E-state index is 0.169. The van der Waals surface area contributed by atoms with Crippen LogP contribution in [0.5, 0.6) is 5.75 Å². The lowest BCUT2D eigenvalue weighted by atomic mass is 10.1. The van der Waals surface area contributed by atoms with Gasteiger partial charge in [-0.2, -0.15) is 0 Å². The molecule has 0 radical (unpaired) electrons. The molecule has 0 bridgehead atoms. The predicted octanol–water partition coefficient (Wildman–Crippen LogP) is 2.88. The monoisotopic (exact) mass is 194 g/mol. The van der Waals surface area contributed by atoms with Crippen molar-refractivity contribution < 1.29 is 9.47 Å². The highest BCUT2D eigenvalue weighted by Gasteiger charge is 2.18. The zero-order valence-corrected chi connectivity index (χ0v) is 9.12. The number of hydrogen-bond acceptors (Lipinski definition) is 2. The van der Waals surface area contributed by atoms with E-state index < -0.39 is 0 Å². The first-order chi connectivity index (χ1) is 6.64. The molecule has 0 aliphatic carbocycles. The quantitative estimate of drug-likeness (QED) is 0.717. The second-order valence-electron chi connectivity index (χ2n) is 3.92. The molecule has 0 amide bonds. The molecule has 2 nitrogen and oxygen atoms in total. The number of rotatable bonds is 5. The van der Waals surface area contributed by atoms with Crippen LogP contribution in [0.25, 0.3) is 0 Å². The number of methoxy groups -OCH3 is 1. The Labute approximate surface area is 85.8 Å². The summed E-state index contributed by atoms with van der Waals surface area (Å²) >= 11 is 0. The van der Waals surface area contributed by atoms with Gasteiger partial charge in [-0.1, -0.05) is 18.2 Å². The van der Waals surface area contributed by atoms with Gasteiger partial charge < -0.3 is 9.47 Å². The highest BCUT2D eigenvalue weighted by Crippen LogP contribution is 2.20. The Bertz CT molecular complexity index is 254. The summed E-state index contributed by atoms with van der Waals surface area (Å²) in [5.41, 5.74) is -0.169. The molecular weight excluding hydrogens is 176 g/mol. The Morgan fingerprint density at radius 2 is 1.79 bits per heavy atom. The van der Waals surface area contributed by atoms with E-state index in [0.29, 0.717) is 0 Å². The van der Waals surface area contributed by atoms with E-state index in [2.05, 4.69) is 13.8 Å². The molecule has 14 heavy (non-hydrogen) atoms. The van der Waals surface area contributed by atoms with E-state index in [9.17, 15) is 0 Å². The SMILES string of the molecule is COCCC(C)(C)Oc1ccccc1. The molecule has 0 aromatic heterocycles. The molecule has 0 saturated carbocycles. The summed E-state index contributed by atoms with van der Waals surface area (Å²) in [4.78, 5) is 0. The van der Waals surface area contributed by atoms with Crippen LogP contribution in [-0.4, -0.2) is 19.3 Å². The maximum absolute atomic E-state index is 5.82. The molecule has 0 N–H and O–H groups in total. The summed E-state index contributed by atoms with van der Waals surface area (Å²) in [5, 5.41) is 0. The van der Waals surface area contributed by atoms with E-state index in [-0.39, 0.29) is 5.60 Å². The van der Waals surface area contributed by atoms with Gasteiger partial charge in [0.2, 0.25) is 0 Å². The van der Waals surface area contributed by atoms with Crippen LogP contribution in [-0.2, 0) is 4.74 Å². The summed E-state index contributed by atoms with van der Waals surface area (Å²) in [6, 6.07) is 9.86. The van der Waals surface area contributed by atoms with Gasteiger partial charge in [0, 0.05) is 20.1 Å². The van der Waals surface area contributed by atoms with E-state index in [1.165, 1.54) is 0 Å². The van der Waals surface area contributed by atoms with Crippen molar-refractivity contribution >= 4 is 0 Å². The zero-order valence-electron chi connectivity index (χ0n) is 9.12. The van der Waals surface area contributed by atoms with Crippen LogP contribution in [0.2, 0.25) is 0 Å².